The molecule has 1 aromatic heterocycles. The molecule has 0 aliphatic rings. The van der Waals surface area contributed by atoms with Crippen LogP contribution in [-0.4, -0.2) is 28.6 Å². The van der Waals surface area contributed by atoms with Crippen molar-refractivity contribution in [1.29, 1.82) is 0 Å². The van der Waals surface area contributed by atoms with Crippen molar-refractivity contribution in [2.24, 2.45) is 5.92 Å². The van der Waals surface area contributed by atoms with E-state index in [-0.39, 0.29) is 24.5 Å². The van der Waals surface area contributed by atoms with E-state index in [9.17, 15) is 4.79 Å². The smallest absolute Gasteiger partial charge is 0.253 e. The van der Waals surface area contributed by atoms with Gasteiger partial charge >= 0.3 is 0 Å². The molecule has 2 N–H and O–H groups in total. The topological polar surface area (TPSA) is 62.2 Å². The van der Waals surface area contributed by atoms with Gasteiger partial charge in [0.05, 0.1) is 18.2 Å². The van der Waals surface area contributed by atoms with Gasteiger partial charge < -0.3 is 10.4 Å². The Labute approximate surface area is 89.3 Å². The predicted molar refractivity (Wildman–Crippen MR) is 57.4 cm³/mol. The predicted octanol–water partition coefficient (Wildman–Crippen LogP) is 0.828. The van der Waals surface area contributed by atoms with Gasteiger partial charge in [-0.05, 0) is 18.1 Å². The van der Waals surface area contributed by atoms with Crippen molar-refractivity contribution in [3.8, 4) is 0 Å². The monoisotopic (exact) mass is 208 g/mol. The summed E-state index contributed by atoms with van der Waals surface area (Å²) in [5.41, 5.74) is 0.511. The number of aliphatic hydroxyl groups is 1. The average molecular weight is 208 g/mol. The van der Waals surface area contributed by atoms with Gasteiger partial charge in [0.2, 0.25) is 0 Å². The van der Waals surface area contributed by atoms with Crippen LogP contribution in [0, 0.1) is 5.92 Å². The maximum Gasteiger partial charge on any atom is 0.253 e. The highest BCUT2D eigenvalue weighted by molar-refractivity contribution is 5.94. The molecule has 82 valence electrons. The first-order valence-electron chi connectivity index (χ1n) is 4.97. The molecular weight excluding hydrogens is 192 g/mol. The molecule has 0 aliphatic heterocycles. The van der Waals surface area contributed by atoms with Gasteiger partial charge in [-0.15, -0.1) is 0 Å². The molecule has 4 nitrogen and oxygen atoms in total. The van der Waals surface area contributed by atoms with Gasteiger partial charge in [0.1, 0.15) is 0 Å². The highest BCUT2D eigenvalue weighted by Crippen LogP contribution is 2.03. The summed E-state index contributed by atoms with van der Waals surface area (Å²) in [6, 6.07) is 3.19. The average Bonchev–Trinajstić information content (AvgIpc) is 2.26. The second-order valence-electron chi connectivity index (χ2n) is 3.75. The SMILES string of the molecule is CC(C)[C@@H](CO)NC(=O)c1cccnc1. The molecule has 0 fully saturated rings. The molecule has 1 heterocycles. The van der Waals surface area contributed by atoms with Gasteiger partial charge in [-0.25, -0.2) is 0 Å². The number of nitrogens with one attached hydrogen (secondary N) is 1. The first-order valence-corrected chi connectivity index (χ1v) is 4.97. The van der Waals surface area contributed by atoms with Crippen molar-refractivity contribution in [3.63, 3.8) is 0 Å². The van der Waals surface area contributed by atoms with E-state index in [1.165, 1.54) is 6.20 Å². The summed E-state index contributed by atoms with van der Waals surface area (Å²) in [5.74, 6) is 0.00599. The van der Waals surface area contributed by atoms with Gasteiger partial charge in [0, 0.05) is 12.4 Å². The fourth-order valence-corrected chi connectivity index (χ4v) is 1.17. The number of pyridine rings is 1. The zero-order valence-corrected chi connectivity index (χ0v) is 8.97. The van der Waals surface area contributed by atoms with Crippen LogP contribution in [0.2, 0.25) is 0 Å². The Kier molecular flexibility index (Phi) is 4.24. The Morgan fingerprint density at radius 1 is 1.60 bits per heavy atom. The van der Waals surface area contributed by atoms with Gasteiger partial charge in [-0.2, -0.15) is 0 Å². The van der Waals surface area contributed by atoms with Crippen LogP contribution in [-0.2, 0) is 0 Å². The number of aromatic nitrogens is 1. The molecule has 0 spiro atoms. The third-order valence-electron chi connectivity index (χ3n) is 2.24. The second-order valence-corrected chi connectivity index (χ2v) is 3.75. The van der Waals surface area contributed by atoms with E-state index < -0.39 is 0 Å². The number of aliphatic hydroxyl groups excluding tert-OH is 1. The summed E-state index contributed by atoms with van der Waals surface area (Å²) < 4.78 is 0. The maximum atomic E-state index is 11.7. The van der Waals surface area contributed by atoms with Crippen molar-refractivity contribution < 1.29 is 9.90 Å². The molecule has 0 unspecified atom stereocenters. The number of carbonyl (C=O) groups excluding carboxylic acids is 1. The Balaban J connectivity index is 2.63. The summed E-state index contributed by atoms with van der Waals surface area (Å²) in [6.07, 6.45) is 3.12. The molecule has 0 aromatic carbocycles. The minimum absolute atomic E-state index is 0.0519. The number of rotatable bonds is 4. The molecule has 15 heavy (non-hydrogen) atoms. The summed E-state index contributed by atoms with van der Waals surface area (Å²) in [6.45, 7) is 3.85. The molecule has 1 amide bonds. The number of carbonyl (C=O) groups is 1. The van der Waals surface area contributed by atoms with Crippen molar-refractivity contribution in [2.75, 3.05) is 6.61 Å². The quantitative estimate of drug-likeness (QED) is 0.770. The van der Waals surface area contributed by atoms with E-state index in [4.69, 9.17) is 5.11 Å². The summed E-state index contributed by atoms with van der Waals surface area (Å²) in [7, 11) is 0. The summed E-state index contributed by atoms with van der Waals surface area (Å²) in [5, 5.41) is 11.8. The van der Waals surface area contributed by atoms with Gasteiger partial charge in [0.25, 0.3) is 5.91 Å². The normalized spacial score (nSPS) is 12.5. The maximum absolute atomic E-state index is 11.7. The molecule has 1 atom stereocenters. The first kappa shape index (κ1) is 11.7. The molecule has 0 radical (unpaired) electrons. The van der Waals surface area contributed by atoms with Crippen LogP contribution in [0.1, 0.15) is 24.2 Å². The van der Waals surface area contributed by atoms with Crippen molar-refractivity contribution in [1.82, 2.24) is 10.3 Å². The van der Waals surface area contributed by atoms with E-state index in [0.717, 1.165) is 0 Å². The van der Waals surface area contributed by atoms with E-state index in [2.05, 4.69) is 10.3 Å². The van der Waals surface area contributed by atoms with Crippen LogP contribution in [0.25, 0.3) is 0 Å². The molecule has 0 bridgehead atoms. The van der Waals surface area contributed by atoms with Gasteiger partial charge in [-0.3, -0.25) is 9.78 Å². The Morgan fingerprint density at radius 2 is 2.33 bits per heavy atom. The van der Waals surface area contributed by atoms with Crippen molar-refractivity contribution >= 4 is 5.91 Å². The van der Waals surface area contributed by atoms with Crippen molar-refractivity contribution in [2.45, 2.75) is 19.9 Å². The number of hydrogen-bond acceptors (Lipinski definition) is 3. The fraction of sp³-hybridized carbons (Fsp3) is 0.455. The van der Waals surface area contributed by atoms with Crippen LogP contribution < -0.4 is 5.32 Å². The number of amides is 1. The zero-order valence-electron chi connectivity index (χ0n) is 8.97. The molecule has 0 saturated heterocycles. The number of nitrogens with zero attached hydrogens (tertiary/aromatic N) is 1. The number of hydrogen-bond donors (Lipinski definition) is 2. The van der Waals surface area contributed by atoms with E-state index in [1.54, 1.807) is 18.3 Å². The highest BCUT2D eigenvalue weighted by atomic mass is 16.3. The summed E-state index contributed by atoms with van der Waals surface area (Å²) in [4.78, 5) is 15.5. The largest absolute Gasteiger partial charge is 0.394 e. The minimum atomic E-state index is -0.210. The molecule has 4 heteroatoms. The van der Waals surface area contributed by atoms with Crippen LogP contribution in [0.4, 0.5) is 0 Å². The molecule has 0 saturated carbocycles. The van der Waals surface area contributed by atoms with E-state index in [0.29, 0.717) is 5.56 Å². The Hall–Kier alpha value is -1.42. The van der Waals surface area contributed by atoms with Gasteiger partial charge in [0.15, 0.2) is 0 Å². The second kappa shape index (κ2) is 5.46. The third kappa shape index (κ3) is 3.32. The molecule has 1 rings (SSSR count). The lowest BCUT2D eigenvalue weighted by Gasteiger charge is -2.19. The van der Waals surface area contributed by atoms with Gasteiger partial charge in [-0.1, -0.05) is 13.8 Å². The molecule has 1 aromatic rings. The lowest BCUT2D eigenvalue weighted by Crippen LogP contribution is -2.41. The van der Waals surface area contributed by atoms with E-state index in [1.807, 2.05) is 13.8 Å². The van der Waals surface area contributed by atoms with Crippen LogP contribution in [0.5, 0.6) is 0 Å². The molecule has 0 aliphatic carbocycles. The lowest BCUT2D eigenvalue weighted by molar-refractivity contribution is 0.0896. The first-order chi connectivity index (χ1) is 7.15. The fourth-order valence-electron chi connectivity index (χ4n) is 1.17. The molecular formula is C11H16N2O2. The zero-order chi connectivity index (χ0) is 11.3. The van der Waals surface area contributed by atoms with Crippen LogP contribution >= 0.6 is 0 Å². The third-order valence-corrected chi connectivity index (χ3v) is 2.24. The minimum Gasteiger partial charge on any atom is -0.394 e. The Bertz CT molecular complexity index is 312. The highest BCUT2D eigenvalue weighted by Gasteiger charge is 2.15. The standard InChI is InChI=1S/C11H16N2O2/c1-8(2)10(7-14)13-11(15)9-4-3-5-12-6-9/h3-6,8,10,14H,7H2,1-2H3,(H,13,15)/t10-/m1/s1. The summed E-state index contributed by atoms with van der Waals surface area (Å²) >= 11 is 0. The lowest BCUT2D eigenvalue weighted by atomic mass is 10.1. The van der Waals surface area contributed by atoms with Crippen molar-refractivity contribution in [3.05, 3.63) is 30.1 Å². The van der Waals surface area contributed by atoms with E-state index >= 15 is 0 Å². The Morgan fingerprint density at radius 3 is 2.80 bits per heavy atom. The van der Waals surface area contributed by atoms with Crippen LogP contribution in [0.15, 0.2) is 24.5 Å². The van der Waals surface area contributed by atoms with Crippen LogP contribution in [0.3, 0.4) is 0 Å².